The predicted molar refractivity (Wildman–Crippen MR) is 93.9 cm³/mol. The highest BCUT2D eigenvalue weighted by atomic mass is 35.5. The quantitative estimate of drug-likeness (QED) is 0.793. The van der Waals surface area contributed by atoms with Crippen LogP contribution in [0.4, 0.5) is 5.82 Å². The molecule has 1 N–H and O–H groups in total. The Balaban J connectivity index is 2.02. The van der Waals surface area contributed by atoms with Crippen LogP contribution in [-0.2, 0) is 0 Å². The number of fused-ring (bicyclic) bond motifs is 1. The van der Waals surface area contributed by atoms with Crippen molar-refractivity contribution in [3.63, 3.8) is 0 Å². The normalized spacial score (nSPS) is 14.2. The molecule has 3 aromatic rings. The second-order valence-electron chi connectivity index (χ2n) is 5.86. The number of aromatic nitrogens is 2. The van der Waals surface area contributed by atoms with Crippen molar-refractivity contribution in [1.29, 1.82) is 0 Å². The Labute approximate surface area is 138 Å². The van der Waals surface area contributed by atoms with Crippen molar-refractivity contribution in [2.45, 2.75) is 18.8 Å². The van der Waals surface area contributed by atoms with E-state index in [2.05, 4.69) is 22.4 Å². The van der Waals surface area contributed by atoms with Gasteiger partial charge in [-0.25, -0.2) is 4.79 Å². The molecule has 116 valence electrons. The van der Waals surface area contributed by atoms with E-state index in [1.165, 1.54) is 18.4 Å². The second kappa shape index (κ2) is 5.39. The van der Waals surface area contributed by atoms with E-state index in [0.717, 1.165) is 16.6 Å². The maximum atomic E-state index is 12.6. The Morgan fingerprint density at radius 1 is 1.22 bits per heavy atom. The van der Waals surface area contributed by atoms with Gasteiger partial charge in [-0.3, -0.25) is 4.57 Å². The van der Waals surface area contributed by atoms with E-state index in [9.17, 15) is 4.79 Å². The van der Waals surface area contributed by atoms with E-state index in [1.54, 1.807) is 11.6 Å². The van der Waals surface area contributed by atoms with Crippen molar-refractivity contribution in [3.8, 4) is 5.69 Å². The number of benzene rings is 2. The monoisotopic (exact) mass is 325 g/mol. The summed E-state index contributed by atoms with van der Waals surface area (Å²) in [5, 5.41) is 4.44. The summed E-state index contributed by atoms with van der Waals surface area (Å²) >= 11 is 6.16. The Bertz CT molecular complexity index is 960. The van der Waals surface area contributed by atoms with Gasteiger partial charge >= 0.3 is 5.69 Å². The van der Waals surface area contributed by atoms with Crippen LogP contribution >= 0.6 is 11.6 Å². The van der Waals surface area contributed by atoms with E-state index >= 15 is 0 Å². The number of hydrogen-bond donors (Lipinski definition) is 1. The van der Waals surface area contributed by atoms with Crippen LogP contribution in [0.5, 0.6) is 0 Å². The number of rotatable bonds is 3. The smallest absolute Gasteiger partial charge is 0.354 e. The Morgan fingerprint density at radius 2 is 2.04 bits per heavy atom. The minimum absolute atomic E-state index is 0.308. The van der Waals surface area contributed by atoms with E-state index < -0.39 is 0 Å². The third-order valence-corrected chi connectivity index (χ3v) is 4.50. The van der Waals surface area contributed by atoms with Gasteiger partial charge in [0.25, 0.3) is 0 Å². The van der Waals surface area contributed by atoms with Gasteiger partial charge in [-0.2, -0.15) is 4.98 Å². The zero-order valence-corrected chi connectivity index (χ0v) is 13.5. The van der Waals surface area contributed by atoms with E-state index in [0.29, 0.717) is 16.8 Å². The van der Waals surface area contributed by atoms with E-state index in [-0.39, 0.29) is 5.69 Å². The van der Waals surface area contributed by atoms with Crippen LogP contribution in [-0.4, -0.2) is 16.6 Å². The molecular formula is C18H16ClN3O. The Hall–Kier alpha value is -2.33. The lowest BCUT2D eigenvalue weighted by atomic mass is 10.1. The molecule has 0 bridgehead atoms. The van der Waals surface area contributed by atoms with Gasteiger partial charge in [0.1, 0.15) is 5.82 Å². The van der Waals surface area contributed by atoms with Gasteiger partial charge in [0.2, 0.25) is 0 Å². The average molecular weight is 326 g/mol. The predicted octanol–water partition coefficient (Wildman–Crippen LogP) is 3.96. The number of halogens is 1. The summed E-state index contributed by atoms with van der Waals surface area (Å²) in [6.07, 6.45) is 2.45. The van der Waals surface area contributed by atoms with Crippen molar-refractivity contribution < 1.29 is 0 Å². The second-order valence-corrected chi connectivity index (χ2v) is 6.30. The largest absolute Gasteiger partial charge is 0.372 e. The minimum Gasteiger partial charge on any atom is -0.372 e. The van der Waals surface area contributed by atoms with Crippen LogP contribution < -0.4 is 11.0 Å². The van der Waals surface area contributed by atoms with E-state index in [4.69, 9.17) is 11.6 Å². The van der Waals surface area contributed by atoms with Gasteiger partial charge in [-0.05, 0) is 54.7 Å². The van der Waals surface area contributed by atoms with Crippen molar-refractivity contribution in [2.24, 2.45) is 0 Å². The fraction of sp³-hybridized carbons (Fsp3) is 0.222. The molecule has 4 rings (SSSR count). The first-order valence-electron chi connectivity index (χ1n) is 7.68. The first-order valence-corrected chi connectivity index (χ1v) is 8.05. The van der Waals surface area contributed by atoms with Gasteiger partial charge in [-0.1, -0.05) is 23.7 Å². The van der Waals surface area contributed by atoms with Gasteiger partial charge in [0.05, 0.1) is 11.2 Å². The molecule has 0 aliphatic heterocycles. The molecule has 1 saturated carbocycles. The molecule has 0 spiro atoms. The molecule has 1 aliphatic carbocycles. The highest BCUT2D eigenvalue weighted by Crippen LogP contribution is 2.40. The molecule has 4 nitrogen and oxygen atoms in total. The lowest BCUT2D eigenvalue weighted by Crippen LogP contribution is -2.23. The van der Waals surface area contributed by atoms with Gasteiger partial charge in [0, 0.05) is 17.5 Å². The van der Waals surface area contributed by atoms with Crippen LogP contribution in [0.3, 0.4) is 0 Å². The fourth-order valence-electron chi connectivity index (χ4n) is 2.97. The SMILES string of the molecule is CNc1nc(=O)n(-c2cccc(C3CC3)c2)c2cc(Cl)ccc12. The highest BCUT2D eigenvalue weighted by Gasteiger charge is 2.24. The van der Waals surface area contributed by atoms with Gasteiger partial charge in [-0.15, -0.1) is 0 Å². The summed E-state index contributed by atoms with van der Waals surface area (Å²) in [6.45, 7) is 0. The molecule has 0 unspecified atom stereocenters. The van der Waals surface area contributed by atoms with Gasteiger partial charge < -0.3 is 5.32 Å². The Kier molecular flexibility index (Phi) is 3.34. The van der Waals surface area contributed by atoms with Crippen LogP contribution in [0.25, 0.3) is 16.6 Å². The summed E-state index contributed by atoms with van der Waals surface area (Å²) in [4.78, 5) is 16.8. The molecule has 1 heterocycles. The molecule has 0 saturated heterocycles. The van der Waals surface area contributed by atoms with Crippen LogP contribution in [0, 0.1) is 0 Å². The minimum atomic E-state index is -0.308. The maximum absolute atomic E-state index is 12.6. The summed E-state index contributed by atoms with van der Waals surface area (Å²) in [5.41, 5.74) is 2.57. The maximum Gasteiger partial charge on any atom is 0.354 e. The average Bonchev–Trinajstić information content (AvgIpc) is 3.39. The zero-order valence-electron chi connectivity index (χ0n) is 12.7. The molecule has 5 heteroatoms. The molecule has 1 fully saturated rings. The number of nitrogens with zero attached hydrogens (tertiary/aromatic N) is 2. The van der Waals surface area contributed by atoms with Gasteiger partial charge in [0.15, 0.2) is 0 Å². The summed E-state index contributed by atoms with van der Waals surface area (Å²) in [5.74, 6) is 1.20. The van der Waals surface area contributed by atoms with Crippen LogP contribution in [0.2, 0.25) is 5.02 Å². The fourth-order valence-corrected chi connectivity index (χ4v) is 3.14. The Morgan fingerprint density at radius 3 is 2.78 bits per heavy atom. The third-order valence-electron chi connectivity index (χ3n) is 4.27. The van der Waals surface area contributed by atoms with Crippen molar-refractivity contribution in [1.82, 2.24) is 9.55 Å². The first-order chi connectivity index (χ1) is 11.2. The highest BCUT2D eigenvalue weighted by molar-refractivity contribution is 6.31. The lowest BCUT2D eigenvalue weighted by molar-refractivity contribution is 0.955. The van der Waals surface area contributed by atoms with Crippen LogP contribution in [0.15, 0.2) is 47.3 Å². The molecule has 0 radical (unpaired) electrons. The topological polar surface area (TPSA) is 46.9 Å². The molecule has 0 amide bonds. The third kappa shape index (κ3) is 2.49. The summed E-state index contributed by atoms with van der Waals surface area (Å²) < 4.78 is 1.63. The number of nitrogens with one attached hydrogen (secondary N) is 1. The molecule has 1 aliphatic rings. The number of anilines is 1. The number of hydrogen-bond acceptors (Lipinski definition) is 3. The molecule has 1 aromatic heterocycles. The summed E-state index contributed by atoms with van der Waals surface area (Å²) in [7, 11) is 1.76. The van der Waals surface area contributed by atoms with Crippen molar-refractivity contribution in [3.05, 3.63) is 63.5 Å². The summed E-state index contributed by atoms with van der Waals surface area (Å²) in [6, 6.07) is 13.6. The molecule has 2 aromatic carbocycles. The zero-order chi connectivity index (χ0) is 16.0. The van der Waals surface area contributed by atoms with Crippen molar-refractivity contribution in [2.75, 3.05) is 12.4 Å². The van der Waals surface area contributed by atoms with Crippen molar-refractivity contribution >= 4 is 28.3 Å². The standard InChI is InChI=1S/C18H16ClN3O/c1-20-17-15-8-7-13(19)10-16(15)22(18(23)21-17)14-4-2-3-12(9-14)11-5-6-11/h2-4,7-11H,5-6H2,1H3,(H,20,21,23). The first kappa shape index (κ1) is 14.3. The molecular weight excluding hydrogens is 310 g/mol. The van der Waals surface area contributed by atoms with Crippen LogP contribution in [0.1, 0.15) is 24.3 Å². The van der Waals surface area contributed by atoms with E-state index in [1.807, 2.05) is 30.3 Å². The molecule has 0 atom stereocenters. The lowest BCUT2D eigenvalue weighted by Gasteiger charge is -2.13. The molecule has 23 heavy (non-hydrogen) atoms.